The van der Waals surface area contributed by atoms with E-state index in [-0.39, 0.29) is 6.54 Å². The smallest absolute Gasteiger partial charge is 0.410 e. The molecule has 2 fully saturated rings. The van der Waals surface area contributed by atoms with E-state index in [1.807, 2.05) is 42.5 Å². The highest BCUT2D eigenvalue weighted by Crippen LogP contribution is 2.36. The first-order chi connectivity index (χ1) is 22.4. The van der Waals surface area contributed by atoms with E-state index in [1.54, 1.807) is 27.1 Å². The zero-order chi connectivity index (χ0) is 33.6. The maximum atomic E-state index is 11.8. The first-order valence-corrected chi connectivity index (χ1v) is 17.7. The summed E-state index contributed by atoms with van der Waals surface area (Å²) in [7, 11) is -3.49. The molecule has 3 N–H and O–H groups in total. The highest BCUT2D eigenvalue weighted by atomic mass is 32.2. The van der Waals surface area contributed by atoms with Gasteiger partial charge in [-0.15, -0.1) is 0 Å². The van der Waals surface area contributed by atoms with Crippen LogP contribution in [-0.4, -0.2) is 78.1 Å². The summed E-state index contributed by atoms with van der Waals surface area (Å²) >= 11 is 0. The maximum Gasteiger partial charge on any atom is 0.410 e. The summed E-state index contributed by atoms with van der Waals surface area (Å²) in [5.41, 5.74) is 8.72. The molecule has 2 saturated heterocycles. The third-order valence-electron chi connectivity index (χ3n) is 7.79. The summed E-state index contributed by atoms with van der Waals surface area (Å²) in [5, 5.41) is 4.39. The normalized spacial score (nSPS) is 18.7. The average molecular weight is 665 g/mol. The molecule has 4 heterocycles. The van der Waals surface area contributed by atoms with Crippen molar-refractivity contribution in [3.05, 3.63) is 67.1 Å². The largest absolute Gasteiger partial charge is 0.457 e. The van der Waals surface area contributed by atoms with Gasteiger partial charge in [-0.05, 0) is 82.8 Å². The fourth-order valence-electron chi connectivity index (χ4n) is 5.76. The molecular formula is C34H44N6O6S. The summed E-state index contributed by atoms with van der Waals surface area (Å²) in [4.78, 5) is 22.1. The van der Waals surface area contributed by atoms with Gasteiger partial charge in [0.2, 0.25) is 0 Å². The Morgan fingerprint density at radius 1 is 1.00 bits per heavy atom. The Kier molecular flexibility index (Phi) is 10.7. The number of nitrogens with one attached hydrogen (secondary N) is 1. The minimum atomic E-state index is -3.49. The van der Waals surface area contributed by atoms with Crippen LogP contribution in [0.3, 0.4) is 0 Å². The van der Waals surface area contributed by atoms with E-state index in [4.69, 9.17) is 19.4 Å². The third kappa shape index (κ3) is 9.43. The van der Waals surface area contributed by atoms with Crippen molar-refractivity contribution in [1.29, 1.82) is 0 Å². The minimum absolute atomic E-state index is 0.252. The lowest BCUT2D eigenvalue weighted by Crippen LogP contribution is -2.45. The van der Waals surface area contributed by atoms with E-state index in [0.717, 1.165) is 65.8 Å². The van der Waals surface area contributed by atoms with Crippen molar-refractivity contribution in [2.75, 3.05) is 38.2 Å². The first kappa shape index (κ1) is 34.1. The predicted octanol–water partition coefficient (Wildman–Crippen LogP) is 5.76. The number of anilines is 1. The first-order valence-electron chi connectivity index (χ1n) is 15.9. The SMILES string of the molecule is CC(C)(C)OC(=O)N1CCCC(OS(C)(=O)=O)C1.Nc1ncnc2c1c(-c1ccc(Oc3ccccc3)cc1)cn2C1CCCNC1. The average Bonchev–Trinajstić information content (AvgIpc) is 3.42. The molecule has 13 heteroatoms. The van der Waals surface area contributed by atoms with Crippen molar-refractivity contribution in [2.45, 2.75) is 64.2 Å². The second-order valence-electron chi connectivity index (χ2n) is 12.8. The molecule has 0 bridgehead atoms. The molecule has 6 rings (SSSR count). The standard InChI is InChI=1S/C23H23N5O.C11H21NO5S/c24-22-21-20(14-28(23(21)27-15-26-22)17-5-4-12-25-13-17)16-8-10-19(11-9-16)29-18-6-2-1-3-7-18;1-11(2,3)16-10(13)12-7-5-6-9(8-12)17-18(4,14)15/h1-3,6-11,14-15,17,25H,4-5,12-13H2,(H2,24,26,27);9H,5-8H2,1-4H3. The minimum Gasteiger partial charge on any atom is -0.457 e. The van der Waals surface area contributed by atoms with Crippen molar-refractivity contribution in [3.8, 4) is 22.6 Å². The monoisotopic (exact) mass is 664 g/mol. The van der Waals surface area contributed by atoms with Gasteiger partial charge in [0.05, 0.1) is 24.3 Å². The fraction of sp³-hybridized carbons (Fsp3) is 0.441. The number of hydrogen-bond acceptors (Lipinski definition) is 10. The fourth-order valence-corrected chi connectivity index (χ4v) is 6.41. The van der Waals surface area contributed by atoms with Crippen LogP contribution in [0.25, 0.3) is 22.2 Å². The van der Waals surface area contributed by atoms with Crippen molar-refractivity contribution in [2.24, 2.45) is 0 Å². The number of nitrogen functional groups attached to an aromatic ring is 1. The number of para-hydroxylation sites is 1. The number of likely N-dealkylation sites (tertiary alicyclic amines) is 1. The molecule has 4 aromatic rings. The topological polar surface area (TPSA) is 151 Å². The van der Waals surface area contributed by atoms with E-state index in [0.29, 0.717) is 31.2 Å². The Bertz CT molecular complexity index is 1750. The number of nitrogens with zero attached hydrogens (tertiary/aromatic N) is 4. The van der Waals surface area contributed by atoms with Crippen LogP contribution in [0, 0.1) is 0 Å². The van der Waals surface area contributed by atoms with E-state index in [2.05, 4.69) is 38.2 Å². The van der Waals surface area contributed by atoms with Crippen LogP contribution < -0.4 is 15.8 Å². The number of hydrogen-bond donors (Lipinski definition) is 2. The van der Waals surface area contributed by atoms with Gasteiger partial charge in [0, 0.05) is 30.9 Å². The van der Waals surface area contributed by atoms with Gasteiger partial charge in [-0.1, -0.05) is 30.3 Å². The van der Waals surface area contributed by atoms with E-state index >= 15 is 0 Å². The molecule has 12 nitrogen and oxygen atoms in total. The molecule has 252 valence electrons. The van der Waals surface area contributed by atoms with E-state index in [1.165, 1.54) is 4.90 Å². The Balaban J connectivity index is 0.000000209. The van der Waals surface area contributed by atoms with Gasteiger partial charge in [0.25, 0.3) is 10.1 Å². The van der Waals surface area contributed by atoms with Crippen LogP contribution in [-0.2, 0) is 19.0 Å². The number of fused-ring (bicyclic) bond motifs is 1. The predicted molar refractivity (Wildman–Crippen MR) is 182 cm³/mol. The van der Waals surface area contributed by atoms with Crippen LogP contribution in [0.15, 0.2) is 67.1 Å². The second-order valence-corrected chi connectivity index (χ2v) is 14.4. The number of amides is 1. The molecule has 0 saturated carbocycles. The van der Waals surface area contributed by atoms with Crippen molar-refractivity contribution in [3.63, 3.8) is 0 Å². The Morgan fingerprint density at radius 3 is 2.38 bits per heavy atom. The molecule has 1 amide bonds. The van der Waals surface area contributed by atoms with Crippen molar-refractivity contribution in [1.82, 2.24) is 24.8 Å². The highest BCUT2D eigenvalue weighted by Gasteiger charge is 2.29. The second kappa shape index (κ2) is 14.7. The number of benzene rings is 2. The molecule has 47 heavy (non-hydrogen) atoms. The van der Waals surface area contributed by atoms with Crippen LogP contribution in [0.5, 0.6) is 11.5 Å². The number of aromatic nitrogens is 3. The quantitative estimate of drug-likeness (QED) is 0.244. The summed E-state index contributed by atoms with van der Waals surface area (Å²) in [6, 6.07) is 18.2. The van der Waals surface area contributed by atoms with E-state index in [9.17, 15) is 13.2 Å². The molecule has 0 aliphatic carbocycles. The van der Waals surface area contributed by atoms with Crippen molar-refractivity contribution < 1.29 is 26.9 Å². The van der Waals surface area contributed by atoms with Gasteiger partial charge in [0.1, 0.15) is 34.9 Å². The number of piperidine rings is 2. The zero-order valence-electron chi connectivity index (χ0n) is 27.4. The molecule has 2 unspecified atom stereocenters. The Labute approximate surface area is 276 Å². The van der Waals surface area contributed by atoms with Gasteiger partial charge in [-0.25, -0.2) is 14.8 Å². The van der Waals surface area contributed by atoms with Gasteiger partial charge in [-0.2, -0.15) is 8.42 Å². The van der Waals surface area contributed by atoms with Gasteiger partial charge < -0.3 is 30.0 Å². The van der Waals surface area contributed by atoms with Crippen LogP contribution in [0.2, 0.25) is 0 Å². The molecule has 2 aliphatic heterocycles. The van der Waals surface area contributed by atoms with E-state index < -0.39 is 27.9 Å². The number of ether oxygens (including phenoxy) is 2. The Hall–Kier alpha value is -4.20. The zero-order valence-corrected chi connectivity index (χ0v) is 28.2. The van der Waals surface area contributed by atoms with Crippen LogP contribution >= 0.6 is 0 Å². The lowest BCUT2D eigenvalue weighted by molar-refractivity contribution is 0.00850. The van der Waals surface area contributed by atoms with Crippen LogP contribution in [0.4, 0.5) is 10.6 Å². The molecule has 2 atom stereocenters. The number of carbonyl (C=O) groups excluding carboxylic acids is 1. The molecule has 0 radical (unpaired) electrons. The Morgan fingerprint density at radius 2 is 1.72 bits per heavy atom. The molecule has 2 aromatic carbocycles. The summed E-state index contributed by atoms with van der Waals surface area (Å²) in [6.07, 6.45) is 7.46. The number of rotatable bonds is 6. The van der Waals surface area contributed by atoms with Gasteiger partial charge in [0.15, 0.2) is 0 Å². The van der Waals surface area contributed by atoms with Crippen LogP contribution in [0.1, 0.15) is 52.5 Å². The maximum absolute atomic E-state index is 11.8. The lowest BCUT2D eigenvalue weighted by Gasteiger charge is -2.33. The lowest BCUT2D eigenvalue weighted by atomic mass is 10.1. The third-order valence-corrected chi connectivity index (χ3v) is 8.41. The number of nitrogens with two attached hydrogens (primary N) is 1. The van der Waals surface area contributed by atoms with Gasteiger partial charge in [-0.3, -0.25) is 4.18 Å². The molecular weight excluding hydrogens is 620 g/mol. The summed E-state index contributed by atoms with van der Waals surface area (Å²) in [5.74, 6) is 2.13. The molecule has 2 aromatic heterocycles. The molecule has 0 spiro atoms. The summed E-state index contributed by atoms with van der Waals surface area (Å²) < 4.78 is 40.4. The number of carbonyl (C=O) groups is 1. The van der Waals surface area contributed by atoms with Gasteiger partial charge >= 0.3 is 6.09 Å². The van der Waals surface area contributed by atoms with Crippen molar-refractivity contribution >= 4 is 33.1 Å². The summed E-state index contributed by atoms with van der Waals surface area (Å²) in [6.45, 7) is 8.21. The molecule has 2 aliphatic rings. The highest BCUT2D eigenvalue weighted by molar-refractivity contribution is 7.86.